The molecule has 0 aromatic heterocycles. The standard InChI is InChI=1S/C12H25N/c1-10(2)7-8-12(13)9-11-5-3-4-6-11/h10-12H,3-9,13H2,1-2H3. The lowest BCUT2D eigenvalue weighted by Gasteiger charge is -2.16. The maximum absolute atomic E-state index is 6.10. The summed E-state index contributed by atoms with van der Waals surface area (Å²) in [6, 6.07) is 0.477. The highest BCUT2D eigenvalue weighted by atomic mass is 14.6. The van der Waals surface area contributed by atoms with Crippen LogP contribution in [0.5, 0.6) is 0 Å². The van der Waals surface area contributed by atoms with Crippen molar-refractivity contribution in [3.63, 3.8) is 0 Å². The van der Waals surface area contributed by atoms with Gasteiger partial charge < -0.3 is 5.73 Å². The molecule has 1 aliphatic rings. The van der Waals surface area contributed by atoms with Crippen LogP contribution in [-0.2, 0) is 0 Å². The first-order valence-electron chi connectivity index (χ1n) is 5.94. The van der Waals surface area contributed by atoms with E-state index in [4.69, 9.17) is 5.73 Å². The first kappa shape index (κ1) is 11.0. The molecule has 0 amide bonds. The molecule has 0 aromatic carbocycles. The zero-order valence-corrected chi connectivity index (χ0v) is 9.26. The van der Waals surface area contributed by atoms with E-state index >= 15 is 0 Å². The molecule has 0 aromatic rings. The Morgan fingerprint density at radius 1 is 1.15 bits per heavy atom. The van der Waals surface area contributed by atoms with Crippen molar-refractivity contribution in [2.45, 2.75) is 64.8 Å². The summed E-state index contributed by atoms with van der Waals surface area (Å²) in [5, 5.41) is 0. The van der Waals surface area contributed by atoms with E-state index in [2.05, 4.69) is 13.8 Å². The lowest BCUT2D eigenvalue weighted by molar-refractivity contribution is 0.401. The van der Waals surface area contributed by atoms with Gasteiger partial charge >= 0.3 is 0 Å². The van der Waals surface area contributed by atoms with E-state index in [-0.39, 0.29) is 0 Å². The summed E-state index contributed by atoms with van der Waals surface area (Å²) in [5.74, 6) is 1.77. The molecule has 1 nitrogen and oxygen atoms in total. The molecule has 1 fully saturated rings. The highest BCUT2D eigenvalue weighted by Crippen LogP contribution is 2.29. The summed E-state index contributed by atoms with van der Waals surface area (Å²) in [6.45, 7) is 4.56. The third-order valence-electron chi connectivity index (χ3n) is 3.23. The van der Waals surface area contributed by atoms with Crippen molar-refractivity contribution in [1.29, 1.82) is 0 Å². The van der Waals surface area contributed by atoms with Gasteiger partial charge in [-0.25, -0.2) is 0 Å². The van der Waals surface area contributed by atoms with Gasteiger partial charge in [-0.05, 0) is 31.1 Å². The summed E-state index contributed by atoms with van der Waals surface area (Å²) in [6.07, 6.45) is 9.59. The fraction of sp³-hybridized carbons (Fsp3) is 1.00. The van der Waals surface area contributed by atoms with Crippen LogP contribution in [0.4, 0.5) is 0 Å². The topological polar surface area (TPSA) is 26.0 Å². The molecule has 0 aliphatic heterocycles. The summed E-state index contributed by atoms with van der Waals surface area (Å²) in [7, 11) is 0. The molecule has 13 heavy (non-hydrogen) atoms. The summed E-state index contributed by atoms with van der Waals surface area (Å²) >= 11 is 0. The maximum Gasteiger partial charge on any atom is 0.00415 e. The molecule has 0 radical (unpaired) electrons. The lowest BCUT2D eigenvalue weighted by atomic mass is 9.94. The average molecular weight is 183 g/mol. The Hall–Kier alpha value is -0.0400. The first-order chi connectivity index (χ1) is 6.18. The molecule has 1 heteroatoms. The second-order valence-electron chi connectivity index (χ2n) is 5.12. The van der Waals surface area contributed by atoms with E-state index in [0.717, 1.165) is 11.8 Å². The molecule has 2 N–H and O–H groups in total. The number of nitrogens with two attached hydrogens (primary N) is 1. The van der Waals surface area contributed by atoms with Crippen LogP contribution in [0.1, 0.15) is 58.8 Å². The molecular formula is C12H25N. The Bertz CT molecular complexity index is 125. The lowest BCUT2D eigenvalue weighted by Crippen LogP contribution is -2.23. The third kappa shape index (κ3) is 4.66. The predicted octanol–water partition coefficient (Wildman–Crippen LogP) is 3.33. The molecule has 0 heterocycles. The Morgan fingerprint density at radius 3 is 2.31 bits per heavy atom. The molecule has 0 bridgehead atoms. The van der Waals surface area contributed by atoms with Gasteiger partial charge in [0, 0.05) is 6.04 Å². The number of hydrogen-bond donors (Lipinski definition) is 1. The largest absolute Gasteiger partial charge is 0.328 e. The van der Waals surface area contributed by atoms with Crippen LogP contribution in [0.2, 0.25) is 0 Å². The van der Waals surface area contributed by atoms with Gasteiger partial charge in [0.05, 0.1) is 0 Å². The Morgan fingerprint density at radius 2 is 1.77 bits per heavy atom. The van der Waals surface area contributed by atoms with Gasteiger partial charge in [-0.15, -0.1) is 0 Å². The normalized spacial score (nSPS) is 21.2. The molecule has 0 saturated heterocycles. The second-order valence-corrected chi connectivity index (χ2v) is 5.12. The van der Waals surface area contributed by atoms with Crippen LogP contribution in [0, 0.1) is 11.8 Å². The van der Waals surface area contributed by atoms with Crippen LogP contribution < -0.4 is 5.73 Å². The zero-order chi connectivity index (χ0) is 9.68. The van der Waals surface area contributed by atoms with E-state index < -0.39 is 0 Å². The van der Waals surface area contributed by atoms with Gasteiger partial charge in [0.25, 0.3) is 0 Å². The van der Waals surface area contributed by atoms with E-state index in [9.17, 15) is 0 Å². The number of rotatable bonds is 5. The predicted molar refractivity (Wildman–Crippen MR) is 58.6 cm³/mol. The average Bonchev–Trinajstić information content (AvgIpc) is 2.53. The van der Waals surface area contributed by atoms with Crippen LogP contribution in [0.25, 0.3) is 0 Å². The van der Waals surface area contributed by atoms with Gasteiger partial charge in [0.2, 0.25) is 0 Å². The minimum atomic E-state index is 0.477. The zero-order valence-electron chi connectivity index (χ0n) is 9.26. The van der Waals surface area contributed by atoms with Gasteiger partial charge in [0.15, 0.2) is 0 Å². The molecule has 78 valence electrons. The Kier molecular flexibility index (Phi) is 4.79. The van der Waals surface area contributed by atoms with E-state index in [1.165, 1.54) is 44.9 Å². The van der Waals surface area contributed by atoms with Crippen molar-refractivity contribution >= 4 is 0 Å². The van der Waals surface area contributed by atoms with Gasteiger partial charge in [-0.2, -0.15) is 0 Å². The highest BCUT2D eigenvalue weighted by molar-refractivity contribution is 4.73. The van der Waals surface area contributed by atoms with Crippen molar-refractivity contribution in [2.24, 2.45) is 17.6 Å². The van der Waals surface area contributed by atoms with E-state index in [0.29, 0.717) is 6.04 Å². The fourth-order valence-electron chi connectivity index (χ4n) is 2.34. The van der Waals surface area contributed by atoms with E-state index in [1.54, 1.807) is 0 Å². The second kappa shape index (κ2) is 5.64. The van der Waals surface area contributed by atoms with Crippen LogP contribution in [-0.4, -0.2) is 6.04 Å². The smallest absolute Gasteiger partial charge is 0.00415 e. The molecule has 1 aliphatic carbocycles. The van der Waals surface area contributed by atoms with Crippen molar-refractivity contribution in [1.82, 2.24) is 0 Å². The van der Waals surface area contributed by atoms with E-state index in [1.807, 2.05) is 0 Å². The molecule has 1 unspecified atom stereocenters. The van der Waals surface area contributed by atoms with Crippen molar-refractivity contribution in [3.05, 3.63) is 0 Å². The fourth-order valence-corrected chi connectivity index (χ4v) is 2.34. The number of hydrogen-bond acceptors (Lipinski definition) is 1. The minimum absolute atomic E-state index is 0.477. The quantitative estimate of drug-likeness (QED) is 0.695. The summed E-state index contributed by atoms with van der Waals surface area (Å²) in [4.78, 5) is 0. The Labute approximate surface area is 83.1 Å². The van der Waals surface area contributed by atoms with Gasteiger partial charge in [0.1, 0.15) is 0 Å². The minimum Gasteiger partial charge on any atom is -0.328 e. The van der Waals surface area contributed by atoms with Crippen molar-refractivity contribution < 1.29 is 0 Å². The Balaban J connectivity index is 2.05. The molecule has 1 atom stereocenters. The SMILES string of the molecule is CC(C)CCC(N)CC1CCCC1. The first-order valence-corrected chi connectivity index (χ1v) is 5.94. The summed E-state index contributed by atoms with van der Waals surface area (Å²) < 4.78 is 0. The van der Waals surface area contributed by atoms with Gasteiger partial charge in [-0.1, -0.05) is 39.5 Å². The van der Waals surface area contributed by atoms with Crippen LogP contribution in [0.3, 0.4) is 0 Å². The van der Waals surface area contributed by atoms with Crippen LogP contribution >= 0.6 is 0 Å². The molecule has 1 rings (SSSR count). The monoisotopic (exact) mass is 183 g/mol. The highest BCUT2D eigenvalue weighted by Gasteiger charge is 2.17. The van der Waals surface area contributed by atoms with Crippen molar-refractivity contribution in [2.75, 3.05) is 0 Å². The summed E-state index contributed by atoms with van der Waals surface area (Å²) in [5.41, 5.74) is 6.10. The third-order valence-corrected chi connectivity index (χ3v) is 3.23. The molecule has 1 saturated carbocycles. The van der Waals surface area contributed by atoms with Crippen molar-refractivity contribution in [3.8, 4) is 0 Å². The molecule has 0 spiro atoms. The molecular weight excluding hydrogens is 158 g/mol. The van der Waals surface area contributed by atoms with Gasteiger partial charge in [-0.3, -0.25) is 0 Å². The maximum atomic E-state index is 6.10. The van der Waals surface area contributed by atoms with Crippen LogP contribution in [0.15, 0.2) is 0 Å².